The minimum atomic E-state index is -0.127. The predicted octanol–water partition coefficient (Wildman–Crippen LogP) is 3.24. The van der Waals surface area contributed by atoms with Gasteiger partial charge < -0.3 is 9.84 Å². The van der Waals surface area contributed by atoms with Crippen LogP contribution in [0.15, 0.2) is 4.52 Å². The van der Waals surface area contributed by atoms with Crippen molar-refractivity contribution in [2.45, 2.75) is 78.2 Å². The van der Waals surface area contributed by atoms with Gasteiger partial charge in [0, 0.05) is 24.3 Å². The van der Waals surface area contributed by atoms with Crippen molar-refractivity contribution in [3.05, 3.63) is 11.7 Å². The molecule has 3 atom stereocenters. The Labute approximate surface area is 133 Å². The van der Waals surface area contributed by atoms with Gasteiger partial charge in [0.05, 0.1) is 0 Å². The van der Waals surface area contributed by atoms with Crippen LogP contribution in [0.5, 0.6) is 0 Å². The number of amides is 1. The van der Waals surface area contributed by atoms with Crippen LogP contribution in [0.1, 0.15) is 72.0 Å². The van der Waals surface area contributed by atoms with Gasteiger partial charge in [0.1, 0.15) is 0 Å². The highest BCUT2D eigenvalue weighted by atomic mass is 16.5. The molecular weight excluding hydrogens is 278 g/mol. The fourth-order valence-electron chi connectivity index (χ4n) is 2.95. The molecule has 2 rings (SSSR count). The second-order valence-electron chi connectivity index (χ2n) is 7.70. The second-order valence-corrected chi connectivity index (χ2v) is 7.70. The van der Waals surface area contributed by atoms with Gasteiger partial charge in [0.15, 0.2) is 5.82 Å². The number of carbonyl (C=O) groups is 1. The zero-order valence-corrected chi connectivity index (χ0v) is 14.5. The monoisotopic (exact) mass is 307 g/mol. The summed E-state index contributed by atoms with van der Waals surface area (Å²) >= 11 is 0. The smallest absolute Gasteiger partial charge is 0.227 e. The van der Waals surface area contributed by atoms with Crippen molar-refractivity contribution >= 4 is 5.91 Å². The van der Waals surface area contributed by atoms with E-state index in [1.807, 2.05) is 20.8 Å². The van der Waals surface area contributed by atoms with E-state index in [2.05, 4.69) is 29.3 Å². The van der Waals surface area contributed by atoms with Crippen LogP contribution >= 0.6 is 0 Å². The van der Waals surface area contributed by atoms with Crippen molar-refractivity contribution in [3.8, 4) is 0 Å². The first-order chi connectivity index (χ1) is 10.3. The molecule has 1 saturated carbocycles. The number of carbonyl (C=O) groups excluding carboxylic acids is 1. The summed E-state index contributed by atoms with van der Waals surface area (Å²) < 4.78 is 5.23. The lowest BCUT2D eigenvalue weighted by Crippen LogP contribution is -2.43. The summed E-state index contributed by atoms with van der Waals surface area (Å²) in [6.45, 7) is 10.6. The average molecular weight is 307 g/mol. The molecule has 5 heteroatoms. The van der Waals surface area contributed by atoms with Crippen LogP contribution in [0.4, 0.5) is 0 Å². The summed E-state index contributed by atoms with van der Waals surface area (Å²) in [6.07, 6.45) is 4.47. The van der Waals surface area contributed by atoms with Gasteiger partial charge in [-0.1, -0.05) is 52.6 Å². The summed E-state index contributed by atoms with van der Waals surface area (Å²) in [5.41, 5.74) is -0.127. The van der Waals surface area contributed by atoms with Gasteiger partial charge in [-0.2, -0.15) is 4.98 Å². The molecule has 0 saturated heterocycles. The molecule has 1 aliphatic carbocycles. The first-order valence-corrected chi connectivity index (χ1v) is 8.40. The maximum absolute atomic E-state index is 12.1. The first-order valence-electron chi connectivity index (χ1n) is 8.40. The Hall–Kier alpha value is -1.39. The molecule has 5 nitrogen and oxygen atoms in total. The number of aryl methyl sites for hydroxylation is 1. The largest absolute Gasteiger partial charge is 0.353 e. The zero-order valence-electron chi connectivity index (χ0n) is 14.5. The van der Waals surface area contributed by atoms with Crippen molar-refractivity contribution in [2.75, 3.05) is 0 Å². The summed E-state index contributed by atoms with van der Waals surface area (Å²) in [5.74, 6) is 2.56. The van der Waals surface area contributed by atoms with Crippen LogP contribution in [-0.2, 0) is 16.6 Å². The molecule has 0 aliphatic heterocycles. The highest BCUT2D eigenvalue weighted by Crippen LogP contribution is 2.29. The van der Waals surface area contributed by atoms with Gasteiger partial charge in [0.25, 0.3) is 0 Å². The predicted molar refractivity (Wildman–Crippen MR) is 85.4 cm³/mol. The van der Waals surface area contributed by atoms with Crippen molar-refractivity contribution in [1.29, 1.82) is 0 Å². The van der Waals surface area contributed by atoms with Crippen LogP contribution in [-0.4, -0.2) is 22.1 Å². The molecule has 1 aliphatic rings. The maximum atomic E-state index is 12.1. The molecule has 0 unspecified atom stereocenters. The van der Waals surface area contributed by atoms with Gasteiger partial charge in [-0.15, -0.1) is 0 Å². The molecule has 1 aromatic heterocycles. The van der Waals surface area contributed by atoms with Crippen LogP contribution in [0.3, 0.4) is 0 Å². The molecule has 0 aromatic carbocycles. The number of hydrogen-bond donors (Lipinski definition) is 1. The third kappa shape index (κ3) is 4.31. The maximum Gasteiger partial charge on any atom is 0.227 e. The number of hydrogen-bond acceptors (Lipinski definition) is 4. The average Bonchev–Trinajstić information content (AvgIpc) is 2.91. The SMILES string of the molecule is C[C@H]1[C@H](C)CCC[C@@H]1NC(=O)CCc1nc(C(C)(C)C)no1. The molecule has 0 bridgehead atoms. The van der Waals surface area contributed by atoms with E-state index in [-0.39, 0.29) is 11.3 Å². The standard InChI is InChI=1S/C17H29N3O2/c1-11-7-6-8-13(12(11)2)18-14(21)9-10-15-19-16(20-22-15)17(3,4)5/h11-13H,6-10H2,1-5H3,(H,18,21)/t11-,12+,13+/m1/s1. The summed E-state index contributed by atoms with van der Waals surface area (Å²) in [5, 5.41) is 7.16. The fourth-order valence-corrected chi connectivity index (χ4v) is 2.95. The Morgan fingerprint density at radius 1 is 1.32 bits per heavy atom. The fraction of sp³-hybridized carbons (Fsp3) is 0.824. The lowest BCUT2D eigenvalue weighted by molar-refractivity contribution is -0.122. The molecule has 1 fully saturated rings. The topological polar surface area (TPSA) is 68.0 Å². The van der Waals surface area contributed by atoms with Gasteiger partial charge in [-0.05, 0) is 18.3 Å². The van der Waals surface area contributed by atoms with E-state index in [1.165, 1.54) is 12.8 Å². The van der Waals surface area contributed by atoms with E-state index >= 15 is 0 Å². The normalized spacial score (nSPS) is 26.0. The van der Waals surface area contributed by atoms with E-state index in [9.17, 15) is 4.79 Å². The first kappa shape index (κ1) is 17.0. The zero-order chi connectivity index (χ0) is 16.3. The lowest BCUT2D eigenvalue weighted by Gasteiger charge is -2.34. The summed E-state index contributed by atoms with van der Waals surface area (Å²) in [7, 11) is 0. The molecule has 0 radical (unpaired) electrons. The summed E-state index contributed by atoms with van der Waals surface area (Å²) in [4.78, 5) is 16.5. The van der Waals surface area contributed by atoms with Gasteiger partial charge in [0.2, 0.25) is 11.8 Å². The van der Waals surface area contributed by atoms with Gasteiger partial charge in [-0.25, -0.2) is 0 Å². The molecule has 1 amide bonds. The molecule has 1 heterocycles. The van der Waals surface area contributed by atoms with Crippen molar-refractivity contribution in [3.63, 3.8) is 0 Å². The number of nitrogens with one attached hydrogen (secondary N) is 1. The Kier molecular flexibility index (Phi) is 5.24. The van der Waals surface area contributed by atoms with E-state index < -0.39 is 0 Å². The van der Waals surface area contributed by atoms with Crippen LogP contribution < -0.4 is 5.32 Å². The molecule has 1 N–H and O–H groups in total. The van der Waals surface area contributed by atoms with E-state index in [0.29, 0.717) is 42.4 Å². The van der Waals surface area contributed by atoms with E-state index in [4.69, 9.17) is 4.52 Å². The highest BCUT2D eigenvalue weighted by Gasteiger charge is 2.28. The minimum Gasteiger partial charge on any atom is -0.353 e. The van der Waals surface area contributed by atoms with Crippen molar-refractivity contribution in [2.24, 2.45) is 11.8 Å². The van der Waals surface area contributed by atoms with Crippen LogP contribution in [0.2, 0.25) is 0 Å². The Morgan fingerprint density at radius 3 is 2.68 bits per heavy atom. The van der Waals surface area contributed by atoms with E-state index in [1.54, 1.807) is 0 Å². The third-order valence-electron chi connectivity index (χ3n) is 4.76. The summed E-state index contributed by atoms with van der Waals surface area (Å²) in [6, 6.07) is 0.309. The van der Waals surface area contributed by atoms with Gasteiger partial charge >= 0.3 is 0 Å². The highest BCUT2D eigenvalue weighted by molar-refractivity contribution is 5.76. The molecule has 0 spiro atoms. The Bertz CT molecular complexity index is 504. The Morgan fingerprint density at radius 2 is 2.05 bits per heavy atom. The minimum absolute atomic E-state index is 0.0847. The lowest BCUT2D eigenvalue weighted by atomic mass is 9.78. The third-order valence-corrected chi connectivity index (χ3v) is 4.76. The van der Waals surface area contributed by atoms with Crippen LogP contribution in [0.25, 0.3) is 0 Å². The van der Waals surface area contributed by atoms with E-state index in [0.717, 1.165) is 6.42 Å². The molecular formula is C17H29N3O2. The molecule has 22 heavy (non-hydrogen) atoms. The number of nitrogens with zero attached hydrogens (tertiary/aromatic N) is 2. The molecule has 1 aromatic rings. The van der Waals surface area contributed by atoms with Crippen LogP contribution in [0, 0.1) is 11.8 Å². The molecule has 124 valence electrons. The van der Waals surface area contributed by atoms with Crippen molar-refractivity contribution < 1.29 is 9.32 Å². The number of rotatable bonds is 4. The van der Waals surface area contributed by atoms with Gasteiger partial charge in [-0.3, -0.25) is 4.79 Å². The second kappa shape index (κ2) is 6.80. The van der Waals surface area contributed by atoms with Crippen molar-refractivity contribution in [1.82, 2.24) is 15.5 Å². The Balaban J connectivity index is 1.81. The quantitative estimate of drug-likeness (QED) is 0.927. The number of aromatic nitrogens is 2.